The van der Waals surface area contributed by atoms with Gasteiger partial charge in [-0.1, -0.05) is 5.16 Å². The Kier molecular flexibility index (Phi) is 8.50. The van der Waals surface area contributed by atoms with Gasteiger partial charge in [0.15, 0.2) is 10.8 Å². The van der Waals surface area contributed by atoms with Crippen LogP contribution in [0.4, 0.5) is 18.3 Å². The minimum Gasteiger partial charge on any atom is -0.477 e. The largest absolute Gasteiger partial charge is 0.477 e. The molecule has 12 nitrogen and oxygen atoms in total. The summed E-state index contributed by atoms with van der Waals surface area (Å²) in [6.07, 6.45) is 0.567. The number of carboxylic acid groups (broad SMARTS) is 1. The molecule has 1 aromatic heterocycles. The zero-order chi connectivity index (χ0) is 30.2. The summed E-state index contributed by atoms with van der Waals surface area (Å²) in [5.41, 5.74) is 5.52. The summed E-state index contributed by atoms with van der Waals surface area (Å²) in [6, 6.07) is -1.09. The summed E-state index contributed by atoms with van der Waals surface area (Å²) in [5.74, 6) is -3.66. The lowest BCUT2D eigenvalue weighted by molar-refractivity contribution is -0.160. The number of nitrogens with two attached hydrogens (primary N) is 1. The molecule has 1 aromatic rings. The standard InChI is InChI=1S/C25H27F3N6O6S2/c26-25(27,28)11-33-7-3-4-12(20(33)36)8-13-9-41-22-17(21(37)34(22)18(13)23(38)39)31-19(35)16(15-10-42-24(29)30-15)32-40-14-5-1-2-6-14/h8,10,14,17,22H,1-7,9,11H2,(H2,29,30)(H,31,35)(H,38,39)/t17-,22-/m1/s1. The van der Waals surface area contributed by atoms with Gasteiger partial charge in [-0.15, -0.1) is 23.1 Å². The van der Waals surface area contributed by atoms with E-state index in [0.717, 1.165) is 53.7 Å². The number of nitrogen functional groups attached to an aromatic ring is 1. The number of oxime groups is 1. The van der Waals surface area contributed by atoms with Crippen LogP contribution in [0.15, 0.2) is 33.5 Å². The van der Waals surface area contributed by atoms with Crippen molar-refractivity contribution in [2.45, 2.75) is 62.2 Å². The van der Waals surface area contributed by atoms with Gasteiger partial charge in [0.25, 0.3) is 11.8 Å². The van der Waals surface area contributed by atoms with Crippen molar-refractivity contribution in [3.63, 3.8) is 0 Å². The maximum Gasteiger partial charge on any atom is 0.406 e. The molecule has 0 aromatic carbocycles. The van der Waals surface area contributed by atoms with Gasteiger partial charge < -0.3 is 25.9 Å². The molecule has 226 valence electrons. The van der Waals surface area contributed by atoms with E-state index in [1.54, 1.807) is 0 Å². The third-order valence-corrected chi connectivity index (χ3v) is 9.19. The molecule has 2 atom stereocenters. The number of thioether (sulfide) groups is 1. The number of piperidine rings is 1. The van der Waals surface area contributed by atoms with E-state index >= 15 is 0 Å². The van der Waals surface area contributed by atoms with E-state index in [1.807, 2.05) is 0 Å². The van der Waals surface area contributed by atoms with E-state index in [1.165, 1.54) is 11.5 Å². The molecule has 3 aliphatic heterocycles. The van der Waals surface area contributed by atoms with E-state index < -0.39 is 47.8 Å². The molecule has 4 N–H and O–H groups in total. The van der Waals surface area contributed by atoms with Crippen LogP contribution in [0.1, 0.15) is 44.2 Å². The van der Waals surface area contributed by atoms with Crippen molar-refractivity contribution in [1.29, 1.82) is 0 Å². The number of anilines is 1. The number of likely N-dealkylation sites (tertiary alicyclic amines) is 1. The molecule has 0 radical (unpaired) electrons. The van der Waals surface area contributed by atoms with Gasteiger partial charge in [-0.05, 0) is 50.2 Å². The second kappa shape index (κ2) is 11.9. The number of rotatable bonds is 8. The number of aliphatic carboxylic acids is 1. The summed E-state index contributed by atoms with van der Waals surface area (Å²) >= 11 is 2.25. The molecule has 2 saturated heterocycles. The molecule has 4 heterocycles. The van der Waals surface area contributed by atoms with Crippen LogP contribution in [-0.4, -0.2) is 91.8 Å². The highest BCUT2D eigenvalue weighted by Crippen LogP contribution is 2.41. The fraction of sp³-hybridized carbons (Fsp3) is 0.520. The molecule has 1 saturated carbocycles. The van der Waals surface area contributed by atoms with Crippen molar-refractivity contribution in [3.05, 3.63) is 34.0 Å². The minimum absolute atomic E-state index is 0.0433. The molecular weight excluding hydrogens is 601 g/mol. The quantitative estimate of drug-likeness (QED) is 0.169. The molecule has 4 aliphatic rings. The first kappa shape index (κ1) is 29.9. The predicted octanol–water partition coefficient (Wildman–Crippen LogP) is 2.24. The molecular formula is C25H27F3N6O6S2. The summed E-state index contributed by atoms with van der Waals surface area (Å²) < 4.78 is 38.7. The number of thiazole rings is 1. The van der Waals surface area contributed by atoms with Crippen molar-refractivity contribution in [3.8, 4) is 0 Å². The van der Waals surface area contributed by atoms with Crippen LogP contribution in [0.5, 0.6) is 0 Å². The second-order valence-corrected chi connectivity index (χ2v) is 12.2. The van der Waals surface area contributed by atoms with Crippen molar-refractivity contribution < 1.29 is 42.3 Å². The molecule has 3 fully saturated rings. The highest BCUT2D eigenvalue weighted by atomic mass is 32.2. The lowest BCUT2D eigenvalue weighted by Gasteiger charge is -2.49. The number of alkyl halides is 3. The number of fused-ring (bicyclic) bond motifs is 1. The number of amides is 3. The number of carbonyl (C=O) groups is 4. The van der Waals surface area contributed by atoms with Crippen molar-refractivity contribution in [1.82, 2.24) is 20.1 Å². The van der Waals surface area contributed by atoms with Gasteiger partial charge >= 0.3 is 12.1 Å². The predicted molar refractivity (Wildman–Crippen MR) is 146 cm³/mol. The SMILES string of the molecule is Nc1nc(C(=NOC2CCCC2)C(=O)N[C@@H]2C(=O)N3C(C(=O)O)=C(C=C4CCCN(CC(F)(F)F)C4=O)CS[C@H]23)cs1. The normalized spacial score (nSPS) is 24.6. The Labute approximate surface area is 245 Å². The Bertz CT molecular complexity index is 1390. The lowest BCUT2D eigenvalue weighted by Crippen LogP contribution is -2.71. The zero-order valence-corrected chi connectivity index (χ0v) is 23.7. The number of allylic oxidation sites excluding steroid dienone is 1. The number of nitrogens with zero attached hydrogens (tertiary/aromatic N) is 4. The number of aromatic nitrogens is 1. The van der Waals surface area contributed by atoms with Crippen LogP contribution < -0.4 is 11.1 Å². The van der Waals surface area contributed by atoms with E-state index in [4.69, 9.17) is 10.6 Å². The third kappa shape index (κ3) is 6.25. The second-order valence-electron chi connectivity index (χ2n) is 10.2. The minimum atomic E-state index is -4.57. The first-order valence-electron chi connectivity index (χ1n) is 13.2. The van der Waals surface area contributed by atoms with E-state index in [-0.39, 0.29) is 64.6 Å². The number of nitrogens with one attached hydrogen (secondary N) is 1. The lowest BCUT2D eigenvalue weighted by atomic mass is 9.98. The van der Waals surface area contributed by atoms with Gasteiger partial charge in [-0.2, -0.15) is 13.2 Å². The van der Waals surface area contributed by atoms with Gasteiger partial charge in [0.2, 0.25) is 5.91 Å². The Hall–Kier alpha value is -3.60. The van der Waals surface area contributed by atoms with Gasteiger partial charge in [-0.3, -0.25) is 19.3 Å². The Morgan fingerprint density at radius 2 is 2.00 bits per heavy atom. The topological polar surface area (TPSA) is 168 Å². The van der Waals surface area contributed by atoms with Crippen molar-refractivity contribution in [2.75, 3.05) is 24.6 Å². The summed E-state index contributed by atoms with van der Waals surface area (Å²) in [4.78, 5) is 62.7. The summed E-state index contributed by atoms with van der Waals surface area (Å²) in [6.45, 7) is -1.46. The molecule has 1 aliphatic carbocycles. The Morgan fingerprint density at radius 3 is 2.64 bits per heavy atom. The summed E-state index contributed by atoms with van der Waals surface area (Å²) in [5, 5.41) is 17.6. The Balaban J connectivity index is 1.34. The number of carboxylic acids is 1. The van der Waals surface area contributed by atoms with Gasteiger partial charge in [0, 0.05) is 23.3 Å². The van der Waals surface area contributed by atoms with Crippen molar-refractivity contribution in [2.24, 2.45) is 5.16 Å². The fourth-order valence-corrected chi connectivity index (χ4v) is 7.12. The van der Waals surface area contributed by atoms with Crippen LogP contribution in [0.3, 0.4) is 0 Å². The maximum atomic E-state index is 13.3. The van der Waals surface area contributed by atoms with E-state index in [2.05, 4.69) is 15.5 Å². The van der Waals surface area contributed by atoms with Crippen LogP contribution in [0, 0.1) is 0 Å². The molecule has 17 heteroatoms. The first-order chi connectivity index (χ1) is 19.9. The van der Waals surface area contributed by atoms with Crippen molar-refractivity contribution >= 4 is 57.6 Å². The van der Waals surface area contributed by atoms with Crippen LogP contribution in [0.2, 0.25) is 0 Å². The molecule has 3 amide bonds. The molecule has 5 rings (SSSR count). The average molecular weight is 629 g/mol. The van der Waals surface area contributed by atoms with Crippen LogP contribution in [0.25, 0.3) is 0 Å². The zero-order valence-electron chi connectivity index (χ0n) is 22.1. The highest BCUT2D eigenvalue weighted by molar-refractivity contribution is 8.00. The number of hydrogen-bond acceptors (Lipinski definition) is 10. The third-order valence-electron chi connectivity index (χ3n) is 7.22. The molecule has 0 unspecified atom stereocenters. The smallest absolute Gasteiger partial charge is 0.406 e. The monoisotopic (exact) mass is 628 g/mol. The van der Waals surface area contributed by atoms with E-state index in [0.29, 0.717) is 4.90 Å². The van der Waals surface area contributed by atoms with Gasteiger partial charge in [0.05, 0.1) is 0 Å². The van der Waals surface area contributed by atoms with Gasteiger partial charge in [-0.25, -0.2) is 9.78 Å². The van der Waals surface area contributed by atoms with Gasteiger partial charge in [0.1, 0.15) is 35.5 Å². The molecule has 0 spiro atoms. The van der Waals surface area contributed by atoms with Crippen LogP contribution >= 0.6 is 23.1 Å². The number of halogens is 3. The highest BCUT2D eigenvalue weighted by Gasteiger charge is 2.54. The maximum absolute atomic E-state index is 13.3. The fourth-order valence-electron chi connectivity index (χ4n) is 5.27. The number of carbonyl (C=O) groups excluding carboxylic acids is 3. The van der Waals surface area contributed by atoms with E-state index in [9.17, 15) is 37.5 Å². The number of hydrogen-bond donors (Lipinski definition) is 3. The molecule has 42 heavy (non-hydrogen) atoms. The van der Waals surface area contributed by atoms with Crippen LogP contribution in [-0.2, 0) is 24.0 Å². The number of β-lactam (4-membered cyclic amide) rings is 1. The summed E-state index contributed by atoms with van der Waals surface area (Å²) in [7, 11) is 0. The Morgan fingerprint density at radius 1 is 1.26 bits per heavy atom. The first-order valence-corrected chi connectivity index (χ1v) is 15.1. The average Bonchev–Trinajstić information content (AvgIpc) is 3.60. The molecule has 0 bridgehead atoms.